The number of nitrogens with zero attached hydrogens (tertiary/aromatic N) is 7. The first-order valence-corrected chi connectivity index (χ1v) is 13.4. The molecular weight excluding hydrogens is 500 g/mol. The molecule has 38 heavy (non-hydrogen) atoms. The maximum Gasteiger partial charge on any atom is 0.225 e. The number of halogens is 1. The number of hydrogen-bond acceptors (Lipinski definition) is 7. The molecule has 3 aromatic heterocycles. The highest BCUT2D eigenvalue weighted by Crippen LogP contribution is 2.33. The monoisotopic (exact) mass is 530 g/mol. The van der Waals surface area contributed by atoms with Crippen molar-refractivity contribution in [1.82, 2.24) is 34.7 Å². The number of nitrogens with one attached hydrogen (secondary N) is 1. The second-order valence-electron chi connectivity index (χ2n) is 10.4. The summed E-state index contributed by atoms with van der Waals surface area (Å²) < 4.78 is 0. The maximum atomic E-state index is 12.3. The molecule has 0 radical (unpaired) electrons. The van der Waals surface area contributed by atoms with Crippen LogP contribution in [0.4, 0.5) is 5.82 Å². The number of amides is 1. The van der Waals surface area contributed by atoms with E-state index in [-0.39, 0.29) is 0 Å². The van der Waals surface area contributed by atoms with Crippen LogP contribution in [0.1, 0.15) is 29.9 Å². The Kier molecular flexibility index (Phi) is 6.71. The number of carbonyl (C=O) groups is 1. The Morgan fingerprint density at radius 1 is 1.08 bits per heavy atom. The molecule has 6 rings (SSSR count). The van der Waals surface area contributed by atoms with E-state index in [1.165, 1.54) is 11.9 Å². The van der Waals surface area contributed by atoms with E-state index in [0.29, 0.717) is 34.8 Å². The number of hydrogen-bond donors (Lipinski definition) is 1. The highest BCUT2D eigenvalue weighted by Gasteiger charge is 2.34. The lowest BCUT2D eigenvalue weighted by Gasteiger charge is -2.35. The molecular formula is C28H31ClN8O. The smallest absolute Gasteiger partial charge is 0.225 e. The predicted octanol–water partition coefficient (Wildman–Crippen LogP) is 3.78. The zero-order chi connectivity index (χ0) is 26.2. The number of piperazine rings is 1. The fourth-order valence-corrected chi connectivity index (χ4v) is 5.41. The molecule has 1 N–H and O–H groups in total. The van der Waals surface area contributed by atoms with Gasteiger partial charge in [0.2, 0.25) is 5.91 Å². The van der Waals surface area contributed by atoms with Crippen molar-refractivity contribution >= 4 is 34.4 Å². The van der Waals surface area contributed by atoms with Gasteiger partial charge in [0.05, 0.1) is 16.7 Å². The standard InChI is InChI=1S/C28H31ClN8O/c1-35(2)27-25(29)26(31-17-32-27)20-5-6-22-23(14-20)34-24(33-22)15-21-13-18(7-8-30-21)16-36-9-11-37(12-10-36)28(38)19-3-4-19/h5-8,13-14,17,19H,3-4,9-12,15-16H2,1-2H3,(H,33,34). The number of carbonyl (C=O) groups excluding carboxylic acids is 1. The minimum absolute atomic E-state index is 0.301. The number of aromatic amines is 1. The normalized spacial score (nSPS) is 16.2. The number of benzene rings is 1. The van der Waals surface area contributed by atoms with Gasteiger partial charge in [-0.2, -0.15) is 0 Å². The third-order valence-electron chi connectivity index (χ3n) is 7.25. The van der Waals surface area contributed by atoms with Crippen molar-refractivity contribution < 1.29 is 4.79 Å². The first-order valence-electron chi connectivity index (χ1n) is 13.1. The molecule has 1 aliphatic heterocycles. The van der Waals surface area contributed by atoms with Gasteiger partial charge in [-0.3, -0.25) is 14.7 Å². The van der Waals surface area contributed by atoms with Crippen molar-refractivity contribution in [3.05, 3.63) is 65.0 Å². The number of H-pyrrole nitrogens is 1. The maximum absolute atomic E-state index is 12.3. The molecule has 4 aromatic rings. The molecule has 1 aromatic carbocycles. The van der Waals surface area contributed by atoms with Crippen molar-refractivity contribution in [2.45, 2.75) is 25.8 Å². The second kappa shape index (κ2) is 10.3. The average Bonchev–Trinajstić information content (AvgIpc) is 3.69. The molecule has 9 nitrogen and oxygen atoms in total. The van der Waals surface area contributed by atoms with Crippen molar-refractivity contribution in [1.29, 1.82) is 0 Å². The summed E-state index contributed by atoms with van der Waals surface area (Å²) in [6.07, 6.45) is 6.15. The Morgan fingerprint density at radius 3 is 2.66 bits per heavy atom. The molecule has 0 bridgehead atoms. The molecule has 4 heterocycles. The zero-order valence-corrected chi connectivity index (χ0v) is 22.4. The Bertz CT molecular complexity index is 1470. The lowest BCUT2D eigenvalue weighted by molar-refractivity contribution is -0.134. The Balaban J connectivity index is 1.13. The molecule has 1 amide bonds. The van der Waals surface area contributed by atoms with Crippen LogP contribution in [0.15, 0.2) is 42.9 Å². The third kappa shape index (κ3) is 5.21. The second-order valence-corrected chi connectivity index (χ2v) is 10.8. The zero-order valence-electron chi connectivity index (χ0n) is 21.7. The molecule has 1 aliphatic carbocycles. The van der Waals surface area contributed by atoms with Gasteiger partial charge in [-0.1, -0.05) is 17.7 Å². The number of aromatic nitrogens is 5. The number of anilines is 1. The van der Waals surface area contributed by atoms with Gasteiger partial charge < -0.3 is 14.8 Å². The number of imidazole rings is 1. The summed E-state index contributed by atoms with van der Waals surface area (Å²) in [4.78, 5) is 40.2. The largest absolute Gasteiger partial charge is 0.361 e. The van der Waals surface area contributed by atoms with E-state index in [4.69, 9.17) is 16.6 Å². The van der Waals surface area contributed by atoms with Gasteiger partial charge in [0.25, 0.3) is 0 Å². The topological polar surface area (TPSA) is 94.1 Å². The summed E-state index contributed by atoms with van der Waals surface area (Å²) in [7, 11) is 3.81. The van der Waals surface area contributed by atoms with E-state index in [1.807, 2.05) is 48.3 Å². The lowest BCUT2D eigenvalue weighted by atomic mass is 10.1. The molecule has 1 saturated heterocycles. The van der Waals surface area contributed by atoms with Gasteiger partial charge in [-0.25, -0.2) is 15.0 Å². The summed E-state index contributed by atoms with van der Waals surface area (Å²) in [5, 5.41) is 0.522. The Hall–Kier alpha value is -3.56. The molecule has 1 saturated carbocycles. The van der Waals surface area contributed by atoms with Crippen LogP contribution in [-0.4, -0.2) is 80.9 Å². The van der Waals surface area contributed by atoms with Gasteiger partial charge >= 0.3 is 0 Å². The van der Waals surface area contributed by atoms with Crippen LogP contribution in [-0.2, 0) is 17.8 Å². The molecule has 0 atom stereocenters. The summed E-state index contributed by atoms with van der Waals surface area (Å²) in [6, 6.07) is 10.2. The third-order valence-corrected chi connectivity index (χ3v) is 7.59. The van der Waals surface area contributed by atoms with E-state index >= 15 is 0 Å². The van der Waals surface area contributed by atoms with E-state index in [2.05, 4.69) is 37.0 Å². The van der Waals surface area contributed by atoms with Gasteiger partial charge in [-0.05, 0) is 42.7 Å². The number of fused-ring (bicyclic) bond motifs is 1. The van der Waals surface area contributed by atoms with Crippen LogP contribution < -0.4 is 4.90 Å². The Morgan fingerprint density at radius 2 is 1.89 bits per heavy atom. The van der Waals surface area contributed by atoms with Crippen LogP contribution in [0.2, 0.25) is 5.02 Å². The highest BCUT2D eigenvalue weighted by atomic mass is 35.5. The fourth-order valence-electron chi connectivity index (χ4n) is 5.03. The van der Waals surface area contributed by atoms with Crippen molar-refractivity contribution in [2.75, 3.05) is 45.2 Å². The lowest BCUT2D eigenvalue weighted by Crippen LogP contribution is -2.48. The predicted molar refractivity (Wildman–Crippen MR) is 148 cm³/mol. The summed E-state index contributed by atoms with van der Waals surface area (Å²) in [6.45, 7) is 4.33. The molecule has 196 valence electrons. The summed E-state index contributed by atoms with van der Waals surface area (Å²) in [5.74, 6) is 2.20. The molecule has 0 spiro atoms. The van der Waals surface area contributed by atoms with Gasteiger partial charge in [0.15, 0.2) is 5.82 Å². The van der Waals surface area contributed by atoms with Gasteiger partial charge in [-0.15, -0.1) is 0 Å². The van der Waals surface area contributed by atoms with Gasteiger partial charge in [0, 0.05) is 76.6 Å². The fraction of sp³-hybridized carbons (Fsp3) is 0.393. The quantitative estimate of drug-likeness (QED) is 0.388. The SMILES string of the molecule is CN(C)c1ncnc(-c2ccc3nc(Cc4cc(CN5CCN(C(=O)C6CC6)CC5)ccn4)[nH]c3c2)c1Cl. The highest BCUT2D eigenvalue weighted by molar-refractivity contribution is 6.35. The minimum atomic E-state index is 0.301. The van der Waals surface area contributed by atoms with Crippen molar-refractivity contribution in [3.63, 3.8) is 0 Å². The van der Waals surface area contributed by atoms with Crippen LogP contribution in [0.3, 0.4) is 0 Å². The van der Waals surface area contributed by atoms with E-state index in [1.54, 1.807) is 0 Å². The number of pyridine rings is 1. The molecule has 10 heteroatoms. The van der Waals surface area contributed by atoms with Crippen molar-refractivity contribution in [2.24, 2.45) is 5.92 Å². The molecule has 2 aliphatic rings. The van der Waals surface area contributed by atoms with E-state index < -0.39 is 0 Å². The first-order chi connectivity index (χ1) is 18.4. The van der Waals surface area contributed by atoms with Crippen LogP contribution in [0.5, 0.6) is 0 Å². The molecule has 0 unspecified atom stereocenters. The summed E-state index contributed by atoms with van der Waals surface area (Å²) in [5.41, 5.74) is 5.60. The van der Waals surface area contributed by atoms with E-state index in [9.17, 15) is 4.79 Å². The van der Waals surface area contributed by atoms with Crippen LogP contribution >= 0.6 is 11.6 Å². The summed E-state index contributed by atoms with van der Waals surface area (Å²) >= 11 is 6.60. The van der Waals surface area contributed by atoms with Gasteiger partial charge in [0.1, 0.15) is 17.2 Å². The molecule has 2 fully saturated rings. The van der Waals surface area contributed by atoms with Crippen LogP contribution in [0.25, 0.3) is 22.3 Å². The average molecular weight is 531 g/mol. The number of rotatable bonds is 7. The Labute approximate surface area is 226 Å². The minimum Gasteiger partial charge on any atom is -0.361 e. The van der Waals surface area contributed by atoms with Crippen molar-refractivity contribution in [3.8, 4) is 11.3 Å². The van der Waals surface area contributed by atoms with Crippen LogP contribution in [0, 0.1) is 5.92 Å². The van der Waals surface area contributed by atoms with E-state index in [0.717, 1.165) is 73.7 Å². The first kappa shape index (κ1) is 24.8.